The summed E-state index contributed by atoms with van der Waals surface area (Å²) in [4.78, 5) is 16.0. The van der Waals surface area contributed by atoms with E-state index in [0.717, 1.165) is 25.2 Å². The van der Waals surface area contributed by atoms with Crippen LogP contribution >= 0.6 is 0 Å². The second kappa shape index (κ2) is 5.12. The highest BCUT2D eigenvalue weighted by molar-refractivity contribution is 5.81. The van der Waals surface area contributed by atoms with Crippen LogP contribution < -0.4 is 10.6 Å². The third kappa shape index (κ3) is 2.61. The fraction of sp³-hybridized carbons (Fsp3) is 0.636. The number of aromatic nitrogens is 2. The Hall–Kier alpha value is -1.36. The number of amides is 1. The van der Waals surface area contributed by atoms with Crippen LogP contribution in [0.25, 0.3) is 0 Å². The standard InChI is InChI=1S/C11H18N4O/c1-15-7-6-13-10(15)8-14-11(16)9-4-2-3-5-12-9/h6-7,9,12H,2-5,8H2,1H3,(H,14,16)/t9-/m0/s1. The second-order valence-electron chi connectivity index (χ2n) is 4.17. The third-order valence-corrected chi connectivity index (χ3v) is 2.97. The molecule has 1 amide bonds. The van der Waals surface area contributed by atoms with Crippen LogP contribution in [0.2, 0.25) is 0 Å². The minimum absolute atomic E-state index is 0.0194. The topological polar surface area (TPSA) is 59.0 Å². The van der Waals surface area contributed by atoms with Gasteiger partial charge in [0.25, 0.3) is 0 Å². The quantitative estimate of drug-likeness (QED) is 0.767. The van der Waals surface area contributed by atoms with E-state index in [1.165, 1.54) is 6.42 Å². The molecule has 1 aromatic rings. The van der Waals surface area contributed by atoms with Gasteiger partial charge in [0.2, 0.25) is 5.91 Å². The first-order valence-electron chi connectivity index (χ1n) is 5.74. The van der Waals surface area contributed by atoms with E-state index >= 15 is 0 Å². The molecular formula is C11H18N4O. The Labute approximate surface area is 95.2 Å². The lowest BCUT2D eigenvalue weighted by Gasteiger charge is -2.22. The molecule has 1 fully saturated rings. The number of piperidine rings is 1. The van der Waals surface area contributed by atoms with E-state index in [2.05, 4.69) is 15.6 Å². The Morgan fingerprint density at radius 3 is 3.19 bits per heavy atom. The fourth-order valence-corrected chi connectivity index (χ4v) is 1.93. The van der Waals surface area contributed by atoms with Gasteiger partial charge in [-0.3, -0.25) is 4.79 Å². The van der Waals surface area contributed by atoms with Gasteiger partial charge in [0, 0.05) is 19.4 Å². The van der Waals surface area contributed by atoms with E-state index in [1.54, 1.807) is 6.20 Å². The maximum atomic E-state index is 11.8. The van der Waals surface area contributed by atoms with Gasteiger partial charge in [0.15, 0.2) is 0 Å². The molecule has 1 atom stereocenters. The Morgan fingerprint density at radius 1 is 1.69 bits per heavy atom. The largest absolute Gasteiger partial charge is 0.348 e. The molecule has 2 rings (SSSR count). The molecule has 16 heavy (non-hydrogen) atoms. The first-order valence-corrected chi connectivity index (χ1v) is 5.74. The smallest absolute Gasteiger partial charge is 0.237 e. The molecule has 2 N–H and O–H groups in total. The van der Waals surface area contributed by atoms with Crippen LogP contribution in [-0.4, -0.2) is 28.0 Å². The molecular weight excluding hydrogens is 204 g/mol. The van der Waals surface area contributed by atoms with Crippen molar-refractivity contribution in [3.63, 3.8) is 0 Å². The van der Waals surface area contributed by atoms with Crippen molar-refractivity contribution in [2.75, 3.05) is 6.54 Å². The normalized spacial score (nSPS) is 20.7. The van der Waals surface area contributed by atoms with Gasteiger partial charge in [0.1, 0.15) is 5.82 Å². The highest BCUT2D eigenvalue weighted by Crippen LogP contribution is 2.06. The van der Waals surface area contributed by atoms with Gasteiger partial charge in [-0.15, -0.1) is 0 Å². The molecule has 5 nitrogen and oxygen atoms in total. The molecule has 0 spiro atoms. The second-order valence-corrected chi connectivity index (χ2v) is 4.17. The summed E-state index contributed by atoms with van der Waals surface area (Å²) in [6.45, 7) is 1.45. The third-order valence-electron chi connectivity index (χ3n) is 2.97. The van der Waals surface area contributed by atoms with Crippen LogP contribution in [0.5, 0.6) is 0 Å². The molecule has 0 saturated carbocycles. The van der Waals surface area contributed by atoms with Crippen molar-refractivity contribution < 1.29 is 4.79 Å². The summed E-state index contributed by atoms with van der Waals surface area (Å²) < 4.78 is 1.91. The van der Waals surface area contributed by atoms with E-state index < -0.39 is 0 Å². The molecule has 0 unspecified atom stereocenters. The fourth-order valence-electron chi connectivity index (χ4n) is 1.93. The average Bonchev–Trinajstić information content (AvgIpc) is 2.73. The highest BCUT2D eigenvalue weighted by Gasteiger charge is 2.20. The van der Waals surface area contributed by atoms with Gasteiger partial charge in [-0.05, 0) is 19.4 Å². The number of hydrogen-bond acceptors (Lipinski definition) is 3. The zero-order chi connectivity index (χ0) is 11.4. The molecule has 1 aliphatic rings. The van der Waals surface area contributed by atoms with Crippen molar-refractivity contribution in [1.29, 1.82) is 0 Å². The van der Waals surface area contributed by atoms with Crippen LogP contribution in [-0.2, 0) is 18.4 Å². The van der Waals surface area contributed by atoms with Crippen molar-refractivity contribution in [2.45, 2.75) is 31.8 Å². The molecule has 2 heterocycles. The first-order chi connectivity index (χ1) is 7.77. The zero-order valence-corrected chi connectivity index (χ0v) is 9.57. The van der Waals surface area contributed by atoms with Crippen LogP contribution in [0.1, 0.15) is 25.1 Å². The summed E-state index contributed by atoms with van der Waals surface area (Å²) in [5.74, 6) is 0.965. The van der Waals surface area contributed by atoms with E-state index in [9.17, 15) is 4.79 Å². The Morgan fingerprint density at radius 2 is 2.56 bits per heavy atom. The monoisotopic (exact) mass is 222 g/mol. The lowest BCUT2D eigenvalue weighted by molar-refractivity contribution is -0.123. The molecule has 88 valence electrons. The molecule has 0 aliphatic carbocycles. The first kappa shape index (κ1) is 11.1. The number of imidazole rings is 1. The maximum Gasteiger partial charge on any atom is 0.237 e. The lowest BCUT2D eigenvalue weighted by Crippen LogP contribution is -2.46. The van der Waals surface area contributed by atoms with Gasteiger partial charge >= 0.3 is 0 Å². The van der Waals surface area contributed by atoms with Gasteiger partial charge in [-0.25, -0.2) is 4.98 Å². The SMILES string of the molecule is Cn1ccnc1CNC(=O)[C@@H]1CCCCN1. The van der Waals surface area contributed by atoms with Crippen molar-refractivity contribution in [1.82, 2.24) is 20.2 Å². The van der Waals surface area contributed by atoms with Gasteiger partial charge in [0.05, 0.1) is 12.6 Å². The Bertz CT molecular complexity index is 355. The molecule has 1 aliphatic heterocycles. The minimum atomic E-state index is -0.0194. The molecule has 0 aromatic carbocycles. The van der Waals surface area contributed by atoms with Gasteiger partial charge in [-0.2, -0.15) is 0 Å². The molecule has 1 saturated heterocycles. The number of hydrogen-bond donors (Lipinski definition) is 2. The summed E-state index contributed by atoms with van der Waals surface area (Å²) in [7, 11) is 1.92. The summed E-state index contributed by atoms with van der Waals surface area (Å²) in [5.41, 5.74) is 0. The minimum Gasteiger partial charge on any atom is -0.348 e. The van der Waals surface area contributed by atoms with Crippen LogP contribution in [0.4, 0.5) is 0 Å². The number of aryl methyl sites for hydroxylation is 1. The van der Waals surface area contributed by atoms with Crippen LogP contribution in [0.3, 0.4) is 0 Å². The number of nitrogens with one attached hydrogen (secondary N) is 2. The average molecular weight is 222 g/mol. The summed E-state index contributed by atoms with van der Waals surface area (Å²) >= 11 is 0. The summed E-state index contributed by atoms with van der Waals surface area (Å²) in [5, 5.41) is 6.14. The van der Waals surface area contributed by atoms with Crippen LogP contribution in [0.15, 0.2) is 12.4 Å². The molecule has 0 bridgehead atoms. The number of rotatable bonds is 3. The number of carbonyl (C=O) groups is 1. The predicted octanol–water partition coefficient (Wildman–Crippen LogP) is 0.178. The number of nitrogens with zero attached hydrogens (tertiary/aromatic N) is 2. The molecule has 1 aromatic heterocycles. The zero-order valence-electron chi connectivity index (χ0n) is 9.57. The van der Waals surface area contributed by atoms with E-state index in [1.807, 2.05) is 17.8 Å². The van der Waals surface area contributed by atoms with Crippen LogP contribution in [0, 0.1) is 0 Å². The van der Waals surface area contributed by atoms with Crippen molar-refractivity contribution >= 4 is 5.91 Å². The lowest BCUT2D eigenvalue weighted by atomic mass is 10.0. The Balaban J connectivity index is 1.81. The number of carbonyl (C=O) groups excluding carboxylic acids is 1. The molecule has 5 heteroatoms. The molecule has 0 radical (unpaired) electrons. The van der Waals surface area contributed by atoms with E-state index in [0.29, 0.717) is 6.54 Å². The van der Waals surface area contributed by atoms with E-state index in [-0.39, 0.29) is 11.9 Å². The summed E-state index contributed by atoms with van der Waals surface area (Å²) in [6.07, 6.45) is 6.85. The predicted molar refractivity (Wildman–Crippen MR) is 60.7 cm³/mol. The maximum absolute atomic E-state index is 11.8. The van der Waals surface area contributed by atoms with Crippen molar-refractivity contribution in [3.8, 4) is 0 Å². The van der Waals surface area contributed by atoms with Crippen molar-refractivity contribution in [3.05, 3.63) is 18.2 Å². The van der Waals surface area contributed by atoms with Gasteiger partial charge < -0.3 is 15.2 Å². The van der Waals surface area contributed by atoms with Crippen molar-refractivity contribution in [2.24, 2.45) is 7.05 Å². The Kier molecular flexibility index (Phi) is 3.56. The summed E-state index contributed by atoms with van der Waals surface area (Å²) in [6, 6.07) is -0.0194. The van der Waals surface area contributed by atoms with E-state index in [4.69, 9.17) is 0 Å². The highest BCUT2D eigenvalue weighted by atomic mass is 16.2. The van der Waals surface area contributed by atoms with Gasteiger partial charge in [-0.1, -0.05) is 6.42 Å².